The number of aromatic nitrogens is 2. The van der Waals surface area contributed by atoms with E-state index < -0.39 is 16.5 Å². The number of nitrogens with zero attached hydrogens (tertiary/aromatic N) is 2. The van der Waals surface area contributed by atoms with Gasteiger partial charge in [-0.25, -0.2) is 9.05 Å². The fraction of sp³-hybridized carbons (Fsp3) is 0. The van der Waals surface area contributed by atoms with Gasteiger partial charge in [0, 0.05) is 32.3 Å². The first-order valence-electron chi connectivity index (χ1n) is 10.0. The minimum Gasteiger partial charge on any atom is -0.254 e. The van der Waals surface area contributed by atoms with Gasteiger partial charge in [-0.15, -0.1) is 9.79 Å². The molecule has 0 saturated heterocycles. The molecule has 0 radical (unpaired) electrons. The maximum atomic E-state index is 10.9. The lowest BCUT2D eigenvalue weighted by Gasteiger charge is -2.11. The van der Waals surface area contributed by atoms with Crippen LogP contribution in [0.3, 0.4) is 0 Å². The summed E-state index contributed by atoms with van der Waals surface area (Å²) in [6.45, 7) is 0. The van der Waals surface area contributed by atoms with E-state index >= 15 is 0 Å². The molecule has 0 aliphatic carbocycles. The lowest BCUT2D eigenvalue weighted by molar-refractivity contribution is 0.409. The molecule has 2 atom stereocenters. The zero-order valence-electron chi connectivity index (χ0n) is 17.4. The number of pyridine rings is 2. The molecular formula is C24H16N2O6P2+2. The molecule has 2 unspecified atom stereocenters. The second-order valence-electron chi connectivity index (χ2n) is 7.28. The van der Waals surface area contributed by atoms with Gasteiger partial charge < -0.3 is 0 Å². The van der Waals surface area contributed by atoms with Gasteiger partial charge in [-0.2, -0.15) is 0 Å². The Bertz CT molecular complexity index is 1440. The third-order valence-corrected chi connectivity index (χ3v) is 6.05. The largest absolute Gasteiger partial charge is 0.747 e. The van der Waals surface area contributed by atoms with Crippen molar-refractivity contribution in [1.82, 2.24) is 9.97 Å². The van der Waals surface area contributed by atoms with Crippen LogP contribution in [0.25, 0.3) is 44.1 Å². The molecule has 5 rings (SSSR count). The summed E-state index contributed by atoms with van der Waals surface area (Å²) >= 11 is 0. The topological polar surface area (TPSA) is 119 Å². The van der Waals surface area contributed by atoms with Crippen LogP contribution >= 0.6 is 16.5 Å². The molecule has 2 N–H and O–H groups in total. The van der Waals surface area contributed by atoms with Crippen molar-refractivity contribution >= 4 is 38.3 Å². The summed E-state index contributed by atoms with van der Waals surface area (Å²) in [5.74, 6) is 0.620. The fourth-order valence-electron chi connectivity index (χ4n) is 3.90. The average molecular weight is 490 g/mol. The fourth-order valence-corrected chi connectivity index (χ4v) is 4.51. The Balaban J connectivity index is 1.59. The number of benzene rings is 3. The number of hydrogen-bond donors (Lipinski definition) is 2. The molecule has 0 aliphatic rings. The van der Waals surface area contributed by atoms with Gasteiger partial charge in [-0.05, 0) is 58.7 Å². The van der Waals surface area contributed by atoms with Crippen molar-refractivity contribution in [2.45, 2.75) is 0 Å². The highest BCUT2D eigenvalue weighted by atomic mass is 31.1. The lowest BCUT2D eigenvalue weighted by atomic mass is 9.96. The number of fused-ring (bicyclic) bond motifs is 3. The van der Waals surface area contributed by atoms with Crippen LogP contribution in [-0.2, 0) is 9.13 Å². The van der Waals surface area contributed by atoms with Gasteiger partial charge >= 0.3 is 16.5 Å². The van der Waals surface area contributed by atoms with Crippen LogP contribution < -0.4 is 9.05 Å². The second-order valence-corrected chi connectivity index (χ2v) is 8.60. The van der Waals surface area contributed by atoms with Crippen LogP contribution in [0.15, 0.2) is 85.2 Å². The standard InChI is InChI=1S/C24H14N2O6P2/c27-33(28)31-17-5-1-15(2-6-17)19-11-13-25-23-21(19)9-10-22-20(12-14-26-24(22)23)16-3-7-18(8-4-16)32-34(29)30/h1-14H/p+2. The van der Waals surface area contributed by atoms with E-state index in [2.05, 4.69) is 9.97 Å². The van der Waals surface area contributed by atoms with E-state index in [1.54, 1.807) is 36.7 Å². The van der Waals surface area contributed by atoms with E-state index in [1.807, 2.05) is 48.5 Å². The summed E-state index contributed by atoms with van der Waals surface area (Å²) in [5, 5.41) is 1.83. The Morgan fingerprint density at radius 3 is 1.29 bits per heavy atom. The molecule has 0 amide bonds. The SMILES string of the molecule is O=[P+](O)Oc1ccc(-c2ccnc3c2ccc2c(-c4ccc(O[P+](=O)O)cc4)ccnc23)cc1. The van der Waals surface area contributed by atoms with Gasteiger partial charge in [-0.1, -0.05) is 36.4 Å². The van der Waals surface area contributed by atoms with Crippen molar-refractivity contribution in [3.63, 3.8) is 0 Å². The van der Waals surface area contributed by atoms with E-state index in [-0.39, 0.29) is 0 Å². The molecule has 2 heterocycles. The van der Waals surface area contributed by atoms with E-state index in [0.717, 1.165) is 44.1 Å². The first-order valence-corrected chi connectivity index (χ1v) is 12.3. The Labute approximate surface area is 195 Å². The third-order valence-electron chi connectivity index (χ3n) is 5.32. The van der Waals surface area contributed by atoms with Crippen LogP contribution in [-0.4, -0.2) is 19.8 Å². The molecule has 5 aromatic rings. The quantitative estimate of drug-likeness (QED) is 0.214. The molecule has 8 nitrogen and oxygen atoms in total. The summed E-state index contributed by atoms with van der Waals surface area (Å²) in [7, 11) is -5.43. The molecule has 166 valence electrons. The predicted molar refractivity (Wildman–Crippen MR) is 129 cm³/mol. The van der Waals surface area contributed by atoms with Gasteiger partial charge in [0.15, 0.2) is 11.5 Å². The van der Waals surface area contributed by atoms with Crippen LogP contribution in [0.1, 0.15) is 0 Å². The molecule has 3 aromatic carbocycles. The first kappa shape index (κ1) is 22.0. The Hall–Kier alpha value is -3.80. The summed E-state index contributed by atoms with van der Waals surface area (Å²) < 4.78 is 31.5. The number of hydrogen-bond acceptors (Lipinski definition) is 6. The molecule has 0 aliphatic heterocycles. The maximum Gasteiger partial charge on any atom is 0.747 e. The van der Waals surface area contributed by atoms with E-state index in [4.69, 9.17) is 18.8 Å². The van der Waals surface area contributed by atoms with Crippen molar-refractivity contribution in [3.05, 3.63) is 85.2 Å². The minimum atomic E-state index is -2.72. The summed E-state index contributed by atoms with van der Waals surface area (Å²) in [6.07, 6.45) is 3.45. The highest BCUT2D eigenvalue weighted by molar-refractivity contribution is 7.32. The summed E-state index contributed by atoms with van der Waals surface area (Å²) in [4.78, 5) is 27.1. The Kier molecular flexibility index (Phi) is 5.97. The van der Waals surface area contributed by atoms with Crippen molar-refractivity contribution in [2.24, 2.45) is 0 Å². The third kappa shape index (κ3) is 4.36. The smallest absolute Gasteiger partial charge is 0.254 e. The first-order chi connectivity index (χ1) is 16.5. The van der Waals surface area contributed by atoms with Gasteiger partial charge in [-0.3, -0.25) is 9.97 Å². The Morgan fingerprint density at radius 1 is 0.559 bits per heavy atom. The minimum absolute atomic E-state index is 0.310. The zero-order valence-corrected chi connectivity index (χ0v) is 19.2. The molecule has 0 bridgehead atoms. The normalized spacial score (nSPS) is 11.9. The van der Waals surface area contributed by atoms with Gasteiger partial charge in [0.05, 0.1) is 11.0 Å². The highest BCUT2D eigenvalue weighted by Gasteiger charge is 2.16. The van der Waals surface area contributed by atoms with E-state index in [0.29, 0.717) is 11.5 Å². The van der Waals surface area contributed by atoms with Crippen molar-refractivity contribution in [2.75, 3.05) is 0 Å². The van der Waals surface area contributed by atoms with Crippen molar-refractivity contribution in [1.29, 1.82) is 0 Å². The molecule has 0 spiro atoms. The number of rotatable bonds is 6. The van der Waals surface area contributed by atoms with Crippen molar-refractivity contribution < 1.29 is 28.0 Å². The van der Waals surface area contributed by atoms with Crippen LogP contribution in [0, 0.1) is 0 Å². The lowest BCUT2D eigenvalue weighted by Crippen LogP contribution is -1.91. The van der Waals surface area contributed by atoms with Gasteiger partial charge in [0.1, 0.15) is 0 Å². The van der Waals surface area contributed by atoms with Gasteiger partial charge in [0.25, 0.3) is 0 Å². The molecule has 34 heavy (non-hydrogen) atoms. The highest BCUT2D eigenvalue weighted by Crippen LogP contribution is 2.36. The van der Waals surface area contributed by atoms with Crippen LogP contribution in [0.4, 0.5) is 0 Å². The molecule has 10 heteroatoms. The average Bonchev–Trinajstić information content (AvgIpc) is 2.83. The summed E-state index contributed by atoms with van der Waals surface area (Å²) in [5.41, 5.74) is 5.18. The molecule has 0 fully saturated rings. The van der Waals surface area contributed by atoms with E-state index in [1.165, 1.54) is 0 Å². The van der Waals surface area contributed by atoms with Crippen LogP contribution in [0.2, 0.25) is 0 Å². The molecular weight excluding hydrogens is 474 g/mol. The summed E-state index contributed by atoms with van der Waals surface area (Å²) in [6, 6.07) is 21.7. The maximum absolute atomic E-state index is 10.9. The predicted octanol–water partition coefficient (Wildman–Crippen LogP) is 6.17. The molecule has 2 aromatic heterocycles. The molecule has 0 saturated carbocycles. The van der Waals surface area contributed by atoms with E-state index in [9.17, 15) is 9.13 Å². The van der Waals surface area contributed by atoms with Crippen molar-refractivity contribution in [3.8, 4) is 33.8 Å². The second kappa shape index (κ2) is 9.21. The van der Waals surface area contributed by atoms with Gasteiger partial charge in [0.2, 0.25) is 0 Å². The van der Waals surface area contributed by atoms with Crippen LogP contribution in [0.5, 0.6) is 11.5 Å². The monoisotopic (exact) mass is 490 g/mol. The zero-order chi connectivity index (χ0) is 23.7. The Morgan fingerprint density at radius 2 is 0.941 bits per heavy atom.